The van der Waals surface area contributed by atoms with E-state index in [0.29, 0.717) is 6.54 Å². The van der Waals surface area contributed by atoms with Gasteiger partial charge in [0.25, 0.3) is 0 Å². The van der Waals surface area contributed by atoms with Gasteiger partial charge >= 0.3 is 12.0 Å². The summed E-state index contributed by atoms with van der Waals surface area (Å²) in [5, 5.41) is 11.6. The zero-order valence-electron chi connectivity index (χ0n) is 12.3. The lowest BCUT2D eigenvalue weighted by molar-refractivity contribution is 0.0697. The van der Waals surface area contributed by atoms with Crippen molar-refractivity contribution in [2.45, 2.75) is 32.4 Å². The molecule has 0 heterocycles. The van der Waals surface area contributed by atoms with Gasteiger partial charge in [-0.2, -0.15) is 0 Å². The van der Waals surface area contributed by atoms with E-state index < -0.39 is 5.97 Å². The molecule has 0 saturated heterocycles. The number of carbonyl (C=O) groups excluding carboxylic acids is 1. The van der Waals surface area contributed by atoms with Crippen molar-refractivity contribution in [1.29, 1.82) is 0 Å². The molecule has 0 aromatic heterocycles. The molecule has 2 N–H and O–H groups in total. The van der Waals surface area contributed by atoms with Crippen molar-refractivity contribution >= 4 is 12.0 Å². The van der Waals surface area contributed by atoms with E-state index >= 15 is 0 Å². The molecule has 0 aliphatic heterocycles. The van der Waals surface area contributed by atoms with Crippen molar-refractivity contribution in [2.75, 3.05) is 7.05 Å². The molecule has 5 heteroatoms. The summed E-state index contributed by atoms with van der Waals surface area (Å²) in [4.78, 5) is 24.3. The van der Waals surface area contributed by atoms with E-state index in [-0.39, 0.29) is 17.6 Å². The molecule has 0 saturated carbocycles. The normalized spacial score (nSPS) is 11.3. The lowest BCUT2D eigenvalue weighted by Crippen LogP contribution is -2.42. The van der Waals surface area contributed by atoms with E-state index in [0.717, 1.165) is 18.4 Å². The highest BCUT2D eigenvalue weighted by Crippen LogP contribution is 2.07. The second-order valence-corrected chi connectivity index (χ2v) is 4.82. The minimum absolute atomic E-state index is 0.223. The number of hydrogen-bond acceptors (Lipinski definition) is 2. The molecule has 1 atom stereocenters. The van der Waals surface area contributed by atoms with Crippen LogP contribution < -0.4 is 5.32 Å². The van der Waals surface area contributed by atoms with E-state index in [1.807, 2.05) is 6.92 Å². The van der Waals surface area contributed by atoms with Gasteiger partial charge in [0, 0.05) is 13.6 Å². The van der Waals surface area contributed by atoms with Crippen LogP contribution in [0.3, 0.4) is 0 Å². The number of benzene rings is 1. The fourth-order valence-electron chi connectivity index (χ4n) is 1.84. The SMILES string of the molecule is C#CC(CCC)NC(=O)N(C)Cc1ccc(C(=O)O)cc1. The van der Waals surface area contributed by atoms with Gasteiger partial charge in [-0.25, -0.2) is 9.59 Å². The van der Waals surface area contributed by atoms with Crippen LogP contribution in [0.15, 0.2) is 24.3 Å². The number of nitrogens with zero attached hydrogens (tertiary/aromatic N) is 1. The largest absolute Gasteiger partial charge is 0.478 e. The van der Waals surface area contributed by atoms with Crippen LogP contribution >= 0.6 is 0 Å². The first-order chi connectivity index (χ1) is 9.97. The molecule has 0 aliphatic rings. The number of hydrogen-bond donors (Lipinski definition) is 2. The molecule has 1 aromatic rings. The predicted octanol–water partition coefficient (Wildman–Crippen LogP) is 2.33. The molecular formula is C16H20N2O3. The molecule has 21 heavy (non-hydrogen) atoms. The van der Waals surface area contributed by atoms with Gasteiger partial charge in [0.05, 0.1) is 11.6 Å². The number of aromatic carboxylic acids is 1. The van der Waals surface area contributed by atoms with E-state index in [9.17, 15) is 9.59 Å². The molecule has 1 unspecified atom stereocenters. The van der Waals surface area contributed by atoms with Gasteiger partial charge in [-0.05, 0) is 24.1 Å². The van der Waals surface area contributed by atoms with E-state index in [4.69, 9.17) is 11.5 Å². The van der Waals surface area contributed by atoms with E-state index in [1.54, 1.807) is 19.2 Å². The number of nitrogens with one attached hydrogen (secondary N) is 1. The van der Waals surface area contributed by atoms with Crippen LogP contribution in [0.5, 0.6) is 0 Å². The van der Waals surface area contributed by atoms with E-state index in [2.05, 4.69) is 11.2 Å². The molecule has 2 amide bonds. The van der Waals surface area contributed by atoms with Gasteiger partial charge in [-0.3, -0.25) is 0 Å². The first-order valence-electron chi connectivity index (χ1n) is 6.78. The smallest absolute Gasteiger partial charge is 0.335 e. The van der Waals surface area contributed by atoms with Gasteiger partial charge in [0.1, 0.15) is 0 Å². The Balaban J connectivity index is 2.59. The van der Waals surface area contributed by atoms with Gasteiger partial charge < -0.3 is 15.3 Å². The topological polar surface area (TPSA) is 69.6 Å². The van der Waals surface area contributed by atoms with Crippen molar-refractivity contribution in [1.82, 2.24) is 10.2 Å². The quantitative estimate of drug-likeness (QED) is 0.789. The summed E-state index contributed by atoms with van der Waals surface area (Å²) in [6.45, 7) is 2.39. The van der Waals surface area contributed by atoms with Crippen LogP contribution in [-0.2, 0) is 6.54 Å². The lowest BCUT2D eigenvalue weighted by atomic mass is 10.1. The molecule has 112 valence electrons. The van der Waals surface area contributed by atoms with Crippen molar-refractivity contribution < 1.29 is 14.7 Å². The Hall–Kier alpha value is -2.48. The summed E-state index contributed by atoms with van der Waals surface area (Å²) in [7, 11) is 1.67. The third kappa shape index (κ3) is 5.19. The maximum atomic E-state index is 12.0. The van der Waals surface area contributed by atoms with Gasteiger partial charge in [-0.15, -0.1) is 6.42 Å². The minimum atomic E-state index is -0.968. The number of carbonyl (C=O) groups is 2. The van der Waals surface area contributed by atoms with Crippen LogP contribution in [0.4, 0.5) is 4.79 Å². The van der Waals surface area contributed by atoms with Gasteiger partial charge in [0.15, 0.2) is 0 Å². The van der Waals surface area contributed by atoms with Gasteiger partial charge in [-0.1, -0.05) is 31.4 Å². The maximum absolute atomic E-state index is 12.0. The number of terminal acetylenes is 1. The Bertz CT molecular complexity index is 531. The highest BCUT2D eigenvalue weighted by molar-refractivity contribution is 5.87. The summed E-state index contributed by atoms with van der Waals surface area (Å²) in [6, 6.07) is 5.92. The first-order valence-corrected chi connectivity index (χ1v) is 6.78. The fourth-order valence-corrected chi connectivity index (χ4v) is 1.84. The standard InChI is InChI=1S/C16H20N2O3/c1-4-6-14(5-2)17-16(21)18(3)11-12-7-9-13(10-8-12)15(19)20/h2,7-10,14H,4,6,11H2,1,3H3,(H,17,21)(H,19,20). The molecule has 0 radical (unpaired) electrons. The average Bonchev–Trinajstić information content (AvgIpc) is 2.47. The van der Waals surface area contributed by atoms with E-state index in [1.165, 1.54) is 17.0 Å². The summed E-state index contributed by atoms with van der Waals surface area (Å²) in [5.41, 5.74) is 1.08. The molecular weight excluding hydrogens is 268 g/mol. The van der Waals surface area contributed by atoms with Crippen molar-refractivity contribution in [2.24, 2.45) is 0 Å². The molecule has 1 rings (SSSR count). The Morgan fingerprint density at radius 1 is 1.38 bits per heavy atom. The number of carboxylic acids is 1. The first kappa shape index (κ1) is 16.6. The Morgan fingerprint density at radius 2 is 2.00 bits per heavy atom. The van der Waals surface area contributed by atoms with Gasteiger partial charge in [0.2, 0.25) is 0 Å². The average molecular weight is 288 g/mol. The number of rotatable bonds is 6. The second kappa shape index (κ2) is 7.95. The Morgan fingerprint density at radius 3 is 2.48 bits per heavy atom. The monoisotopic (exact) mass is 288 g/mol. The lowest BCUT2D eigenvalue weighted by Gasteiger charge is -2.20. The highest BCUT2D eigenvalue weighted by atomic mass is 16.4. The minimum Gasteiger partial charge on any atom is -0.478 e. The van der Waals surface area contributed by atoms with Crippen molar-refractivity contribution in [3.05, 3.63) is 35.4 Å². The third-order valence-electron chi connectivity index (χ3n) is 3.04. The molecule has 1 aromatic carbocycles. The maximum Gasteiger partial charge on any atom is 0.335 e. The van der Waals surface area contributed by atoms with Crippen molar-refractivity contribution in [3.63, 3.8) is 0 Å². The number of carboxylic acid groups (broad SMARTS) is 1. The number of amides is 2. The molecule has 0 bridgehead atoms. The van der Waals surface area contributed by atoms with Crippen molar-refractivity contribution in [3.8, 4) is 12.3 Å². The molecule has 0 fully saturated rings. The zero-order chi connectivity index (χ0) is 15.8. The molecule has 0 aliphatic carbocycles. The van der Waals surface area contributed by atoms with Crippen LogP contribution in [0.2, 0.25) is 0 Å². The number of urea groups is 1. The Kier molecular flexibility index (Phi) is 6.28. The molecule has 5 nitrogen and oxygen atoms in total. The zero-order valence-corrected chi connectivity index (χ0v) is 12.3. The second-order valence-electron chi connectivity index (χ2n) is 4.82. The summed E-state index contributed by atoms with van der Waals surface area (Å²) >= 11 is 0. The third-order valence-corrected chi connectivity index (χ3v) is 3.04. The summed E-state index contributed by atoms with van der Waals surface area (Å²) in [5.74, 6) is 1.58. The Labute approximate surface area is 125 Å². The van der Waals surface area contributed by atoms with Crippen LogP contribution in [0.1, 0.15) is 35.7 Å². The predicted molar refractivity (Wildman–Crippen MR) is 80.9 cm³/mol. The van der Waals surface area contributed by atoms with Crippen LogP contribution in [0.25, 0.3) is 0 Å². The molecule has 0 spiro atoms. The summed E-state index contributed by atoms with van der Waals surface area (Å²) < 4.78 is 0. The summed E-state index contributed by atoms with van der Waals surface area (Å²) in [6.07, 6.45) is 7.00. The fraction of sp³-hybridized carbons (Fsp3) is 0.375. The van der Waals surface area contributed by atoms with Crippen LogP contribution in [-0.4, -0.2) is 35.1 Å². The highest BCUT2D eigenvalue weighted by Gasteiger charge is 2.13. The van der Waals surface area contributed by atoms with Crippen LogP contribution in [0, 0.1) is 12.3 Å².